The van der Waals surface area contributed by atoms with Crippen molar-refractivity contribution in [1.29, 1.82) is 0 Å². The highest BCUT2D eigenvalue weighted by Gasteiger charge is 2.13. The van der Waals surface area contributed by atoms with Gasteiger partial charge in [0, 0.05) is 11.6 Å². The first kappa shape index (κ1) is 18.5. The van der Waals surface area contributed by atoms with Crippen LogP contribution in [0.5, 0.6) is 0 Å². The van der Waals surface area contributed by atoms with Crippen molar-refractivity contribution in [2.75, 3.05) is 13.1 Å². The maximum absolute atomic E-state index is 6.39. The molecule has 1 aromatic carbocycles. The lowest BCUT2D eigenvalue weighted by molar-refractivity contribution is 0.506. The summed E-state index contributed by atoms with van der Waals surface area (Å²) in [4.78, 5) is 0. The molecule has 0 aliphatic rings. The third kappa shape index (κ3) is 7.87. The number of hydrogen-bond acceptors (Lipinski definition) is 1. The molecule has 0 aromatic heterocycles. The molecule has 2 heteroatoms. The van der Waals surface area contributed by atoms with Gasteiger partial charge in [0.05, 0.1) is 0 Å². The smallest absolute Gasteiger partial charge is 0.0441 e. The normalized spacial score (nSPS) is 12.5. The first-order valence-electron chi connectivity index (χ1n) is 8.74. The van der Waals surface area contributed by atoms with E-state index in [0.29, 0.717) is 5.92 Å². The van der Waals surface area contributed by atoms with E-state index in [2.05, 4.69) is 31.3 Å². The van der Waals surface area contributed by atoms with Crippen LogP contribution < -0.4 is 5.32 Å². The van der Waals surface area contributed by atoms with Gasteiger partial charge < -0.3 is 5.32 Å². The summed E-state index contributed by atoms with van der Waals surface area (Å²) in [5.41, 5.74) is 1.32. The van der Waals surface area contributed by atoms with E-state index in [9.17, 15) is 0 Å². The summed E-state index contributed by atoms with van der Waals surface area (Å²) in [5, 5.41) is 4.49. The lowest BCUT2D eigenvalue weighted by atomic mass is 9.92. The van der Waals surface area contributed by atoms with E-state index < -0.39 is 0 Å². The molecule has 0 heterocycles. The summed E-state index contributed by atoms with van der Waals surface area (Å²) in [6, 6.07) is 8.34. The van der Waals surface area contributed by atoms with E-state index in [-0.39, 0.29) is 0 Å². The van der Waals surface area contributed by atoms with E-state index in [4.69, 9.17) is 11.6 Å². The van der Waals surface area contributed by atoms with Gasteiger partial charge in [0.1, 0.15) is 0 Å². The number of halogens is 1. The molecule has 0 fully saturated rings. The number of hydrogen-bond donors (Lipinski definition) is 1. The second-order valence-corrected chi connectivity index (χ2v) is 6.39. The summed E-state index contributed by atoms with van der Waals surface area (Å²) in [7, 11) is 0. The van der Waals surface area contributed by atoms with Crippen molar-refractivity contribution in [1.82, 2.24) is 5.32 Å². The Kier molecular flexibility index (Phi) is 10.6. The van der Waals surface area contributed by atoms with Gasteiger partial charge in [0.25, 0.3) is 0 Å². The van der Waals surface area contributed by atoms with Gasteiger partial charge in [-0.25, -0.2) is 0 Å². The molecule has 0 amide bonds. The van der Waals surface area contributed by atoms with Gasteiger partial charge in [-0.2, -0.15) is 0 Å². The van der Waals surface area contributed by atoms with Crippen molar-refractivity contribution in [3.05, 3.63) is 34.9 Å². The van der Waals surface area contributed by atoms with Gasteiger partial charge in [-0.3, -0.25) is 0 Å². The maximum atomic E-state index is 6.39. The lowest BCUT2D eigenvalue weighted by Gasteiger charge is -2.19. The van der Waals surface area contributed by atoms with Gasteiger partial charge in [0.2, 0.25) is 0 Å². The zero-order chi connectivity index (χ0) is 15.3. The predicted molar refractivity (Wildman–Crippen MR) is 95.3 cm³/mol. The average molecular weight is 310 g/mol. The van der Waals surface area contributed by atoms with Crippen LogP contribution in [0, 0.1) is 0 Å². The van der Waals surface area contributed by atoms with Gasteiger partial charge in [0.15, 0.2) is 0 Å². The third-order valence-electron chi connectivity index (χ3n) is 4.07. The van der Waals surface area contributed by atoms with Gasteiger partial charge >= 0.3 is 0 Å². The first-order valence-corrected chi connectivity index (χ1v) is 9.12. The van der Waals surface area contributed by atoms with Crippen LogP contribution >= 0.6 is 11.6 Å². The number of benzene rings is 1. The molecule has 0 saturated heterocycles. The Morgan fingerprint density at radius 2 is 1.67 bits per heavy atom. The molecule has 0 aliphatic heterocycles. The Labute approximate surface area is 136 Å². The summed E-state index contributed by atoms with van der Waals surface area (Å²) in [6.07, 6.45) is 10.6. The number of rotatable bonds is 12. The van der Waals surface area contributed by atoms with Crippen LogP contribution in [0.15, 0.2) is 24.3 Å². The molecule has 21 heavy (non-hydrogen) atoms. The molecule has 0 bridgehead atoms. The fourth-order valence-electron chi connectivity index (χ4n) is 2.80. The molecule has 0 radical (unpaired) electrons. The zero-order valence-electron chi connectivity index (χ0n) is 13.8. The lowest BCUT2D eigenvalue weighted by Crippen LogP contribution is -2.22. The van der Waals surface area contributed by atoms with E-state index in [1.165, 1.54) is 56.9 Å². The summed E-state index contributed by atoms with van der Waals surface area (Å²) in [6.45, 7) is 6.63. The molecule has 0 aliphatic carbocycles. The van der Waals surface area contributed by atoms with E-state index in [0.717, 1.165) is 18.1 Å². The maximum Gasteiger partial charge on any atom is 0.0441 e. The van der Waals surface area contributed by atoms with Crippen molar-refractivity contribution >= 4 is 11.6 Å². The quantitative estimate of drug-likeness (QED) is 0.455. The Balaban J connectivity index is 2.43. The summed E-state index contributed by atoms with van der Waals surface area (Å²) in [5.74, 6) is 0.552. The molecule has 1 atom stereocenters. The van der Waals surface area contributed by atoms with Gasteiger partial charge in [-0.1, -0.05) is 82.2 Å². The molecule has 1 rings (SSSR count). The Morgan fingerprint density at radius 1 is 0.952 bits per heavy atom. The van der Waals surface area contributed by atoms with E-state index in [1.807, 2.05) is 12.1 Å². The van der Waals surface area contributed by atoms with Crippen LogP contribution in [-0.4, -0.2) is 13.1 Å². The third-order valence-corrected chi connectivity index (χ3v) is 4.41. The molecule has 0 spiro atoms. The van der Waals surface area contributed by atoms with Gasteiger partial charge in [-0.15, -0.1) is 0 Å². The molecule has 0 saturated carbocycles. The minimum atomic E-state index is 0.552. The largest absolute Gasteiger partial charge is 0.316 e. The highest BCUT2D eigenvalue weighted by Crippen LogP contribution is 2.28. The van der Waals surface area contributed by atoms with Gasteiger partial charge in [-0.05, 0) is 36.9 Å². The van der Waals surface area contributed by atoms with Crippen molar-refractivity contribution < 1.29 is 0 Å². The molecule has 1 unspecified atom stereocenters. The van der Waals surface area contributed by atoms with E-state index in [1.54, 1.807) is 0 Å². The number of unbranched alkanes of at least 4 members (excludes halogenated alkanes) is 5. The molecular formula is C19H32ClN. The van der Waals surface area contributed by atoms with Crippen LogP contribution in [0.2, 0.25) is 5.02 Å². The predicted octanol–water partition coefficient (Wildman–Crippen LogP) is 6.17. The second-order valence-electron chi connectivity index (χ2n) is 5.98. The fraction of sp³-hybridized carbons (Fsp3) is 0.684. The van der Waals surface area contributed by atoms with E-state index >= 15 is 0 Å². The van der Waals surface area contributed by atoms with Crippen molar-refractivity contribution in [2.45, 2.75) is 71.1 Å². The highest BCUT2D eigenvalue weighted by molar-refractivity contribution is 6.31. The monoisotopic (exact) mass is 309 g/mol. The fourth-order valence-corrected chi connectivity index (χ4v) is 3.09. The van der Waals surface area contributed by atoms with Crippen LogP contribution in [0.1, 0.15) is 76.7 Å². The molecule has 1 nitrogen and oxygen atoms in total. The topological polar surface area (TPSA) is 12.0 Å². The highest BCUT2D eigenvalue weighted by atomic mass is 35.5. The molecular weight excluding hydrogens is 278 g/mol. The average Bonchev–Trinajstić information content (AvgIpc) is 2.50. The van der Waals surface area contributed by atoms with Crippen LogP contribution in [0.3, 0.4) is 0 Å². The molecule has 1 aromatic rings. The Hall–Kier alpha value is -0.530. The van der Waals surface area contributed by atoms with Crippen molar-refractivity contribution in [3.8, 4) is 0 Å². The van der Waals surface area contributed by atoms with Crippen LogP contribution in [0.25, 0.3) is 0 Å². The zero-order valence-corrected chi connectivity index (χ0v) is 14.6. The first-order chi connectivity index (χ1) is 10.3. The van der Waals surface area contributed by atoms with Crippen molar-refractivity contribution in [3.63, 3.8) is 0 Å². The minimum Gasteiger partial charge on any atom is -0.316 e. The molecule has 120 valence electrons. The SMILES string of the molecule is CCCCCCCCC(CNCCC)c1ccccc1Cl. The molecule has 1 N–H and O–H groups in total. The Morgan fingerprint density at radius 3 is 2.38 bits per heavy atom. The summed E-state index contributed by atoms with van der Waals surface area (Å²) >= 11 is 6.39. The Bertz CT molecular complexity index is 364. The second kappa shape index (κ2) is 12.1. The number of nitrogens with one attached hydrogen (secondary N) is 1. The summed E-state index contributed by atoms with van der Waals surface area (Å²) < 4.78 is 0. The minimum absolute atomic E-state index is 0.552. The standard InChI is InChI=1S/C19H32ClN/c1-3-5-6-7-8-9-12-17(16-21-15-4-2)18-13-10-11-14-19(18)20/h10-11,13-14,17,21H,3-9,12,15-16H2,1-2H3. The van der Waals surface area contributed by atoms with Crippen LogP contribution in [0.4, 0.5) is 0 Å². The van der Waals surface area contributed by atoms with Crippen molar-refractivity contribution in [2.24, 2.45) is 0 Å². The van der Waals surface area contributed by atoms with Crippen LogP contribution in [-0.2, 0) is 0 Å².